The van der Waals surface area contributed by atoms with Gasteiger partial charge in [0, 0.05) is 6.20 Å². The molecule has 0 saturated carbocycles. The summed E-state index contributed by atoms with van der Waals surface area (Å²) in [5.74, 6) is 0. The van der Waals surface area contributed by atoms with E-state index >= 15 is 0 Å². The van der Waals surface area contributed by atoms with Crippen LogP contribution in [0, 0.1) is 0 Å². The molecule has 0 spiro atoms. The fourth-order valence-corrected chi connectivity index (χ4v) is 0.159. The second kappa shape index (κ2) is 0.612. The molecule has 0 aromatic rings. The van der Waals surface area contributed by atoms with Crippen molar-refractivity contribution >= 4 is 0 Å². The maximum absolute atomic E-state index is 5.01. The maximum Gasteiger partial charge on any atom is 0.00115 e. The minimum atomic E-state index is 1.16. The van der Waals surface area contributed by atoms with Gasteiger partial charge >= 0.3 is 0 Å². The van der Waals surface area contributed by atoms with E-state index in [9.17, 15) is 0 Å². The van der Waals surface area contributed by atoms with Gasteiger partial charge in [-0.15, -0.1) is 0 Å². The monoisotopic (exact) mass is 67.0 g/mol. The maximum atomic E-state index is 5.01. The van der Waals surface area contributed by atoms with Crippen molar-refractivity contribution in [2.24, 2.45) is 5.73 Å². The predicted octanol–water partition coefficient (Wildman–Crippen LogP) is 0.399. The van der Waals surface area contributed by atoms with E-state index in [4.69, 9.17) is 5.73 Å². The number of hydrogen-bond acceptors (Lipinski definition) is 1. The molecule has 0 amide bonds. The lowest BCUT2D eigenvalue weighted by Crippen LogP contribution is -1.72. The summed E-state index contributed by atoms with van der Waals surface area (Å²) in [4.78, 5) is 0. The third-order valence-electron chi connectivity index (χ3n) is 0.552. The molecular formula is C4H5N. The van der Waals surface area contributed by atoms with Gasteiger partial charge in [0.05, 0.1) is 0 Å². The van der Waals surface area contributed by atoms with Crippen molar-refractivity contribution in [3.63, 3.8) is 0 Å². The van der Waals surface area contributed by atoms with Gasteiger partial charge < -0.3 is 5.73 Å². The van der Waals surface area contributed by atoms with Crippen LogP contribution in [-0.4, -0.2) is 0 Å². The van der Waals surface area contributed by atoms with Gasteiger partial charge in [-0.3, -0.25) is 0 Å². The molecule has 0 fully saturated rings. The normalized spacial score (nSPS) is 15.6. The van der Waals surface area contributed by atoms with Crippen LogP contribution in [0.4, 0.5) is 0 Å². The first-order valence-electron chi connectivity index (χ1n) is 1.53. The van der Waals surface area contributed by atoms with Gasteiger partial charge in [0.25, 0.3) is 0 Å². The Morgan fingerprint density at radius 1 is 1.60 bits per heavy atom. The molecule has 1 nitrogen and oxygen atoms in total. The fraction of sp³-hybridized carbons (Fsp3) is 0. The van der Waals surface area contributed by atoms with Crippen LogP contribution in [0.15, 0.2) is 23.9 Å². The van der Waals surface area contributed by atoms with Gasteiger partial charge in [-0.1, -0.05) is 12.2 Å². The highest BCUT2D eigenvalue weighted by Crippen LogP contribution is 2.09. The van der Waals surface area contributed by atoms with E-state index in [0.717, 1.165) is 5.57 Å². The molecule has 1 heteroatoms. The molecule has 1 aliphatic carbocycles. The van der Waals surface area contributed by atoms with Crippen LogP contribution < -0.4 is 5.73 Å². The molecule has 0 saturated heterocycles. The lowest BCUT2D eigenvalue weighted by Gasteiger charge is -1.58. The smallest absolute Gasteiger partial charge is 0.00115 e. The van der Waals surface area contributed by atoms with Gasteiger partial charge in [-0.25, -0.2) is 0 Å². The van der Waals surface area contributed by atoms with Crippen LogP contribution >= 0.6 is 0 Å². The second-order valence-corrected chi connectivity index (χ2v) is 1.00. The van der Waals surface area contributed by atoms with Crippen LogP contribution in [0.1, 0.15) is 0 Å². The summed E-state index contributed by atoms with van der Waals surface area (Å²) in [7, 11) is 0. The van der Waals surface area contributed by atoms with Gasteiger partial charge in [0.15, 0.2) is 0 Å². The van der Waals surface area contributed by atoms with Gasteiger partial charge in [-0.2, -0.15) is 0 Å². The molecule has 0 unspecified atom stereocenters. The van der Waals surface area contributed by atoms with Crippen molar-refractivity contribution in [3.05, 3.63) is 23.9 Å². The minimum absolute atomic E-state index is 1.16. The summed E-state index contributed by atoms with van der Waals surface area (Å²) in [6.45, 7) is 0. The average molecular weight is 67.1 g/mol. The molecule has 1 aliphatic rings. The topological polar surface area (TPSA) is 26.0 Å². The van der Waals surface area contributed by atoms with Gasteiger partial charge in [0.2, 0.25) is 0 Å². The van der Waals surface area contributed by atoms with Crippen molar-refractivity contribution in [1.82, 2.24) is 0 Å². The summed E-state index contributed by atoms with van der Waals surface area (Å²) in [5.41, 5.74) is 6.17. The molecule has 0 aliphatic heterocycles. The third-order valence-corrected chi connectivity index (χ3v) is 0.552. The minimum Gasteiger partial charge on any atom is -0.404 e. The molecule has 0 atom stereocenters. The highest BCUT2D eigenvalue weighted by Gasteiger charge is 1.92. The summed E-state index contributed by atoms with van der Waals surface area (Å²) >= 11 is 0. The highest BCUT2D eigenvalue weighted by molar-refractivity contribution is 5.45. The zero-order valence-corrected chi connectivity index (χ0v) is 2.81. The van der Waals surface area contributed by atoms with E-state index in [2.05, 4.69) is 0 Å². The van der Waals surface area contributed by atoms with Crippen LogP contribution in [0.3, 0.4) is 0 Å². The molecule has 1 rings (SSSR count). The first-order valence-corrected chi connectivity index (χ1v) is 1.53. The van der Waals surface area contributed by atoms with E-state index in [1.165, 1.54) is 0 Å². The Balaban J connectivity index is 2.54. The molecule has 0 heterocycles. The predicted molar refractivity (Wildman–Crippen MR) is 21.4 cm³/mol. The largest absolute Gasteiger partial charge is 0.404 e. The van der Waals surface area contributed by atoms with Gasteiger partial charge in [-0.05, 0) is 5.57 Å². The van der Waals surface area contributed by atoms with E-state index < -0.39 is 0 Å². The summed E-state index contributed by atoms with van der Waals surface area (Å²) in [6, 6.07) is 0. The fourth-order valence-electron chi connectivity index (χ4n) is 0.159. The number of rotatable bonds is 0. The van der Waals surface area contributed by atoms with Gasteiger partial charge in [0.1, 0.15) is 0 Å². The molecule has 0 aromatic carbocycles. The second-order valence-electron chi connectivity index (χ2n) is 1.00. The van der Waals surface area contributed by atoms with Crippen LogP contribution in [0.5, 0.6) is 0 Å². The number of allylic oxidation sites excluding steroid dienone is 3. The molecule has 5 heavy (non-hydrogen) atoms. The van der Waals surface area contributed by atoms with E-state index in [1.54, 1.807) is 6.20 Å². The lowest BCUT2D eigenvalue weighted by atomic mass is 10.6. The Hall–Kier alpha value is -0.720. The molecule has 26 valence electrons. The number of nitrogens with two attached hydrogens (primary N) is 1. The standard InChI is InChI=1S/C4H5N/c5-3-4-1-2-4/h1-3H,5H2. The number of hydrogen-bond donors (Lipinski definition) is 1. The third kappa shape index (κ3) is 0.293. The van der Waals surface area contributed by atoms with E-state index in [-0.39, 0.29) is 0 Å². The van der Waals surface area contributed by atoms with Crippen LogP contribution in [0.2, 0.25) is 0 Å². The Kier molecular flexibility index (Phi) is 0.307. The summed E-state index contributed by atoms with van der Waals surface area (Å²) in [6.07, 6.45) is 5.50. The van der Waals surface area contributed by atoms with Crippen molar-refractivity contribution in [2.75, 3.05) is 0 Å². The summed E-state index contributed by atoms with van der Waals surface area (Å²) in [5, 5.41) is 0. The van der Waals surface area contributed by atoms with Crippen LogP contribution in [0.25, 0.3) is 0 Å². The quantitative estimate of drug-likeness (QED) is 0.436. The molecule has 0 aromatic heterocycles. The first kappa shape index (κ1) is 2.51. The Bertz CT molecular complexity index is 81.8. The molecule has 0 bridgehead atoms. The van der Waals surface area contributed by atoms with E-state index in [1.807, 2.05) is 12.2 Å². The highest BCUT2D eigenvalue weighted by atomic mass is 14.5. The zero-order valence-electron chi connectivity index (χ0n) is 2.81. The SMILES string of the molecule is NC=C1C=C1. The molecule has 0 radical (unpaired) electrons. The van der Waals surface area contributed by atoms with E-state index in [0.29, 0.717) is 0 Å². The first-order chi connectivity index (χ1) is 2.43. The van der Waals surface area contributed by atoms with Crippen molar-refractivity contribution in [2.45, 2.75) is 0 Å². The summed E-state index contributed by atoms with van der Waals surface area (Å²) < 4.78 is 0. The Labute approximate surface area is 30.8 Å². The lowest BCUT2D eigenvalue weighted by molar-refractivity contribution is 1.59. The average Bonchev–Trinajstić information content (AvgIpc) is 2.12. The zero-order chi connectivity index (χ0) is 3.70. The Morgan fingerprint density at radius 2 is 2.20 bits per heavy atom. The Morgan fingerprint density at radius 3 is 2.20 bits per heavy atom. The van der Waals surface area contributed by atoms with Crippen molar-refractivity contribution in [3.8, 4) is 0 Å². The molecular weight excluding hydrogens is 62.1 g/mol. The van der Waals surface area contributed by atoms with Crippen molar-refractivity contribution < 1.29 is 0 Å². The van der Waals surface area contributed by atoms with Crippen molar-refractivity contribution in [1.29, 1.82) is 0 Å². The molecule has 2 N–H and O–H groups in total. The van der Waals surface area contributed by atoms with Crippen LogP contribution in [-0.2, 0) is 0 Å².